The average Bonchev–Trinajstić information content (AvgIpc) is 3.44. The van der Waals surface area contributed by atoms with Gasteiger partial charge in [-0.3, -0.25) is 4.79 Å². The molecule has 1 amide bonds. The van der Waals surface area contributed by atoms with Gasteiger partial charge < -0.3 is 20.3 Å². The summed E-state index contributed by atoms with van der Waals surface area (Å²) in [6.45, 7) is 2.56. The van der Waals surface area contributed by atoms with Gasteiger partial charge in [0.05, 0.1) is 16.3 Å². The number of nitrogens with one attached hydrogen (secondary N) is 2. The van der Waals surface area contributed by atoms with Crippen LogP contribution in [0.2, 0.25) is 5.02 Å². The van der Waals surface area contributed by atoms with E-state index in [4.69, 9.17) is 16.3 Å². The summed E-state index contributed by atoms with van der Waals surface area (Å²) in [6.07, 6.45) is 2.27. The lowest BCUT2D eigenvalue weighted by molar-refractivity contribution is -0.125. The Hall–Kier alpha value is -3.61. The highest BCUT2D eigenvalue weighted by Crippen LogP contribution is 2.39. The quantitative estimate of drug-likeness (QED) is 0.371. The van der Waals surface area contributed by atoms with Crippen LogP contribution in [0.15, 0.2) is 66.9 Å². The van der Waals surface area contributed by atoms with E-state index >= 15 is 0 Å². The van der Waals surface area contributed by atoms with Gasteiger partial charge in [-0.2, -0.15) is 0 Å². The summed E-state index contributed by atoms with van der Waals surface area (Å²) in [6, 6.07) is 13.3. The van der Waals surface area contributed by atoms with Crippen molar-refractivity contribution in [2.24, 2.45) is 11.8 Å². The normalized spacial score (nSPS) is 24.5. The van der Waals surface area contributed by atoms with Gasteiger partial charge in [0.2, 0.25) is 0 Å². The molecule has 0 bridgehead atoms. The number of ketones is 1. The number of sulfone groups is 1. The zero-order valence-electron chi connectivity index (χ0n) is 24.1. The standard InChI is InChI=1S/C31H33ClF2N4O5S/c1-18(37-31(40)43-21-9-7-20(33)8-10-21)23-16-36-29(28(23)19-6-11-24(32)25(34)15-19)30(39)22-12-14-38(17-26(22)44(2,41)42)27-5-3-4-13-35-27/h3-11,13,15,18,22-23,26,28-29,36H,12,14,16-17H2,1-2H3,(H,37,40)/t18?,22?,23-,26?,28-,29?/m0/s1. The molecule has 3 aromatic rings. The number of carbonyl (C=O) groups is 2. The summed E-state index contributed by atoms with van der Waals surface area (Å²) in [5, 5.41) is 4.97. The largest absolute Gasteiger partial charge is 0.412 e. The summed E-state index contributed by atoms with van der Waals surface area (Å²) in [7, 11) is -3.66. The molecule has 13 heteroatoms. The second-order valence-corrected chi connectivity index (χ2v) is 14.0. The van der Waals surface area contributed by atoms with E-state index in [0.29, 0.717) is 17.9 Å². The average molecular weight is 647 g/mol. The summed E-state index contributed by atoms with van der Waals surface area (Å²) in [4.78, 5) is 33.2. The fourth-order valence-corrected chi connectivity index (χ4v) is 7.71. The molecule has 0 aliphatic carbocycles. The Bertz CT molecular complexity index is 1610. The van der Waals surface area contributed by atoms with E-state index in [-0.39, 0.29) is 36.1 Å². The van der Waals surface area contributed by atoms with Crippen molar-refractivity contribution in [2.45, 2.75) is 36.6 Å². The van der Waals surface area contributed by atoms with Gasteiger partial charge in [-0.05, 0) is 67.4 Å². The zero-order chi connectivity index (χ0) is 31.6. The van der Waals surface area contributed by atoms with Crippen LogP contribution in [0.3, 0.4) is 0 Å². The third-order valence-corrected chi connectivity index (χ3v) is 10.4. The molecule has 234 valence electrons. The number of ether oxygens (including phenoxy) is 1. The Labute approximate surface area is 259 Å². The van der Waals surface area contributed by atoms with Crippen molar-refractivity contribution < 1.29 is 31.5 Å². The molecule has 9 nitrogen and oxygen atoms in total. The molecule has 44 heavy (non-hydrogen) atoms. The van der Waals surface area contributed by atoms with Crippen LogP contribution < -0.4 is 20.3 Å². The molecule has 3 heterocycles. The van der Waals surface area contributed by atoms with E-state index in [9.17, 15) is 26.8 Å². The van der Waals surface area contributed by atoms with Crippen molar-refractivity contribution in [1.82, 2.24) is 15.6 Å². The Kier molecular flexibility index (Phi) is 9.52. The lowest BCUT2D eigenvalue weighted by Gasteiger charge is -2.39. The van der Waals surface area contributed by atoms with Gasteiger partial charge in [-0.15, -0.1) is 0 Å². The van der Waals surface area contributed by atoms with Crippen LogP contribution in [0.5, 0.6) is 5.75 Å². The van der Waals surface area contributed by atoms with Crippen LogP contribution in [0.4, 0.5) is 19.4 Å². The fraction of sp³-hybridized carbons (Fsp3) is 0.387. The first-order chi connectivity index (χ1) is 20.9. The number of aromatic nitrogens is 1. The van der Waals surface area contributed by atoms with Crippen molar-refractivity contribution in [1.29, 1.82) is 0 Å². The monoisotopic (exact) mass is 646 g/mol. The van der Waals surface area contributed by atoms with Crippen LogP contribution in [-0.4, -0.2) is 68.5 Å². The number of Topliss-reactive ketones (excluding diaryl/α,β-unsaturated/α-hetero) is 1. The van der Waals surface area contributed by atoms with E-state index in [1.54, 1.807) is 31.3 Å². The molecule has 2 aliphatic heterocycles. The molecular formula is C31H33ClF2N4O5S. The number of piperidine rings is 1. The van der Waals surface area contributed by atoms with Crippen LogP contribution >= 0.6 is 11.6 Å². The second kappa shape index (κ2) is 13.2. The van der Waals surface area contributed by atoms with Gasteiger partial charge in [-0.25, -0.2) is 27.0 Å². The smallest absolute Gasteiger partial charge is 0.410 e. The van der Waals surface area contributed by atoms with Crippen molar-refractivity contribution in [3.8, 4) is 5.75 Å². The molecule has 6 atom stereocenters. The molecule has 2 aliphatic rings. The number of rotatable bonds is 8. The van der Waals surface area contributed by atoms with E-state index in [1.165, 1.54) is 36.4 Å². The highest BCUT2D eigenvalue weighted by atomic mass is 35.5. The van der Waals surface area contributed by atoms with Crippen molar-refractivity contribution >= 4 is 39.1 Å². The molecular weight excluding hydrogens is 614 g/mol. The number of benzene rings is 2. The minimum absolute atomic E-state index is 0.0767. The number of anilines is 1. The maximum atomic E-state index is 14.7. The highest BCUT2D eigenvalue weighted by Gasteiger charge is 2.49. The number of hydrogen-bond donors (Lipinski definition) is 2. The molecule has 2 aromatic carbocycles. The third-order valence-electron chi connectivity index (χ3n) is 8.49. The summed E-state index contributed by atoms with van der Waals surface area (Å²) < 4.78 is 59.3. The van der Waals surface area contributed by atoms with Crippen LogP contribution in [-0.2, 0) is 14.6 Å². The second-order valence-electron chi connectivity index (χ2n) is 11.3. The van der Waals surface area contributed by atoms with Crippen molar-refractivity contribution in [3.63, 3.8) is 0 Å². The lowest BCUT2D eigenvalue weighted by atomic mass is 9.76. The van der Waals surface area contributed by atoms with Gasteiger partial charge in [0.25, 0.3) is 0 Å². The van der Waals surface area contributed by atoms with Gasteiger partial charge in [0.15, 0.2) is 15.6 Å². The Morgan fingerprint density at radius 2 is 1.89 bits per heavy atom. The summed E-state index contributed by atoms with van der Waals surface area (Å²) >= 11 is 5.97. The van der Waals surface area contributed by atoms with Gasteiger partial charge in [-0.1, -0.05) is 23.7 Å². The molecule has 2 N–H and O–H groups in total. The van der Waals surface area contributed by atoms with E-state index in [0.717, 1.165) is 6.26 Å². The van der Waals surface area contributed by atoms with Crippen LogP contribution in [0, 0.1) is 23.5 Å². The van der Waals surface area contributed by atoms with Crippen molar-refractivity contribution in [2.75, 3.05) is 30.8 Å². The third kappa shape index (κ3) is 7.03. The van der Waals surface area contributed by atoms with Gasteiger partial charge in [0, 0.05) is 55.9 Å². The van der Waals surface area contributed by atoms with E-state index < -0.39 is 62.7 Å². The number of hydrogen-bond acceptors (Lipinski definition) is 8. The Morgan fingerprint density at radius 3 is 2.55 bits per heavy atom. The summed E-state index contributed by atoms with van der Waals surface area (Å²) in [5.74, 6) is -2.48. The maximum Gasteiger partial charge on any atom is 0.412 e. The Morgan fingerprint density at radius 1 is 1.14 bits per heavy atom. The molecule has 0 radical (unpaired) electrons. The van der Waals surface area contributed by atoms with E-state index in [1.807, 2.05) is 11.0 Å². The number of pyridine rings is 1. The molecule has 5 rings (SSSR count). The molecule has 1 aromatic heterocycles. The molecule has 2 fully saturated rings. The minimum Gasteiger partial charge on any atom is -0.410 e. The predicted octanol–water partition coefficient (Wildman–Crippen LogP) is 4.37. The highest BCUT2D eigenvalue weighted by molar-refractivity contribution is 7.91. The van der Waals surface area contributed by atoms with Crippen LogP contribution in [0.1, 0.15) is 24.8 Å². The van der Waals surface area contributed by atoms with Gasteiger partial charge >= 0.3 is 6.09 Å². The molecule has 4 unspecified atom stereocenters. The minimum atomic E-state index is -3.66. The molecule has 0 spiro atoms. The fourth-order valence-electron chi connectivity index (χ4n) is 6.28. The van der Waals surface area contributed by atoms with Crippen molar-refractivity contribution in [3.05, 3.63) is 89.1 Å². The Balaban J connectivity index is 1.39. The first kappa shape index (κ1) is 31.8. The van der Waals surface area contributed by atoms with Gasteiger partial charge in [0.1, 0.15) is 23.2 Å². The topological polar surface area (TPSA) is 118 Å². The first-order valence-electron chi connectivity index (χ1n) is 14.2. The maximum absolute atomic E-state index is 14.7. The van der Waals surface area contributed by atoms with Crippen LogP contribution in [0.25, 0.3) is 0 Å². The number of carbonyl (C=O) groups excluding carboxylic acids is 2. The SMILES string of the molecule is CC(NC(=O)Oc1ccc(F)cc1)[C@@H]1CNC(C(=O)C2CCN(c3ccccn3)CC2S(C)(=O)=O)[C@H]1c1ccc(Cl)c(F)c1. The number of halogens is 3. The van der Waals surface area contributed by atoms with E-state index in [2.05, 4.69) is 15.6 Å². The predicted molar refractivity (Wildman–Crippen MR) is 163 cm³/mol. The zero-order valence-corrected chi connectivity index (χ0v) is 25.7. The first-order valence-corrected chi connectivity index (χ1v) is 16.6. The summed E-state index contributed by atoms with van der Waals surface area (Å²) in [5.41, 5.74) is 0.489. The molecule has 2 saturated heterocycles. The number of nitrogens with zero attached hydrogens (tertiary/aromatic N) is 2. The molecule has 0 saturated carbocycles. The lowest BCUT2D eigenvalue weighted by Crippen LogP contribution is -2.54. The number of amides is 1.